The molecule has 0 bridgehead atoms. The number of hydrogen-bond acceptors (Lipinski definition) is 3. The fraction of sp³-hybridized carbons (Fsp3) is 0.333. The van der Waals surface area contributed by atoms with Crippen LogP contribution in [0.5, 0.6) is 0 Å². The minimum atomic E-state index is 0.612. The molecule has 3 nitrogen and oxygen atoms in total. The molecule has 0 aliphatic heterocycles. The molecule has 15 heavy (non-hydrogen) atoms. The lowest BCUT2D eigenvalue weighted by molar-refractivity contribution is 0.857. The molecular formula is C12H15N3. The highest BCUT2D eigenvalue weighted by Crippen LogP contribution is 2.16. The van der Waals surface area contributed by atoms with Crippen LogP contribution in [-0.2, 0) is 0 Å². The monoisotopic (exact) mass is 201 g/mol. The molecule has 0 N–H and O–H groups in total. The Bertz CT molecular complexity index is 390. The van der Waals surface area contributed by atoms with Gasteiger partial charge in [-0.1, -0.05) is 12.2 Å². The Balaban J connectivity index is 3.01. The van der Waals surface area contributed by atoms with Gasteiger partial charge in [-0.15, -0.1) is 0 Å². The van der Waals surface area contributed by atoms with E-state index in [1.807, 2.05) is 18.7 Å². The van der Waals surface area contributed by atoms with Crippen LogP contribution in [0.2, 0.25) is 0 Å². The fourth-order valence-electron chi connectivity index (χ4n) is 1.40. The van der Waals surface area contributed by atoms with Crippen molar-refractivity contribution >= 4 is 5.82 Å². The van der Waals surface area contributed by atoms with E-state index in [4.69, 9.17) is 5.26 Å². The largest absolute Gasteiger partial charge is 0.352 e. The van der Waals surface area contributed by atoms with Crippen molar-refractivity contribution in [2.24, 2.45) is 0 Å². The van der Waals surface area contributed by atoms with Crippen LogP contribution in [0.15, 0.2) is 30.5 Å². The van der Waals surface area contributed by atoms with Gasteiger partial charge < -0.3 is 4.90 Å². The van der Waals surface area contributed by atoms with E-state index in [1.54, 1.807) is 18.3 Å². The van der Waals surface area contributed by atoms with Crippen LogP contribution in [0.1, 0.15) is 19.4 Å². The van der Waals surface area contributed by atoms with E-state index in [9.17, 15) is 0 Å². The molecule has 0 atom stereocenters. The number of anilines is 1. The minimum Gasteiger partial charge on any atom is -0.352 e. The van der Waals surface area contributed by atoms with Crippen LogP contribution < -0.4 is 4.90 Å². The second kappa shape index (κ2) is 5.16. The third-order valence-electron chi connectivity index (χ3n) is 2.05. The summed E-state index contributed by atoms with van der Waals surface area (Å²) in [7, 11) is 0. The van der Waals surface area contributed by atoms with Crippen LogP contribution >= 0.6 is 0 Å². The molecule has 0 aromatic carbocycles. The van der Waals surface area contributed by atoms with Gasteiger partial charge in [0.25, 0.3) is 0 Å². The van der Waals surface area contributed by atoms with Crippen LogP contribution in [0.25, 0.3) is 0 Å². The quantitative estimate of drug-likeness (QED) is 0.702. The molecule has 0 fully saturated rings. The van der Waals surface area contributed by atoms with Gasteiger partial charge in [0, 0.05) is 19.3 Å². The number of likely N-dealkylation sites (N-methyl/N-ethyl adjacent to an activating group) is 1. The number of rotatable bonds is 4. The summed E-state index contributed by atoms with van der Waals surface area (Å²) >= 11 is 0. The van der Waals surface area contributed by atoms with E-state index < -0.39 is 0 Å². The van der Waals surface area contributed by atoms with Crippen molar-refractivity contribution in [1.29, 1.82) is 5.26 Å². The number of nitriles is 1. The molecule has 1 rings (SSSR count). The van der Waals surface area contributed by atoms with Gasteiger partial charge in [0.15, 0.2) is 0 Å². The molecule has 0 aliphatic carbocycles. The molecule has 0 radical (unpaired) electrons. The smallest absolute Gasteiger partial charge is 0.146 e. The SMILES string of the molecule is C=C(C)CN(CC)c1ncccc1C#N. The number of aromatic nitrogens is 1. The summed E-state index contributed by atoms with van der Waals surface area (Å²) in [5.41, 5.74) is 1.67. The maximum absolute atomic E-state index is 8.96. The molecule has 78 valence electrons. The van der Waals surface area contributed by atoms with Crippen molar-refractivity contribution in [2.75, 3.05) is 18.0 Å². The number of pyridine rings is 1. The second-order valence-electron chi connectivity index (χ2n) is 3.46. The van der Waals surface area contributed by atoms with Crippen molar-refractivity contribution in [3.63, 3.8) is 0 Å². The van der Waals surface area contributed by atoms with Crippen molar-refractivity contribution in [3.8, 4) is 6.07 Å². The van der Waals surface area contributed by atoms with Gasteiger partial charge in [-0.2, -0.15) is 5.26 Å². The summed E-state index contributed by atoms with van der Waals surface area (Å²) in [6.07, 6.45) is 1.71. The Kier molecular flexibility index (Phi) is 3.87. The molecule has 0 saturated heterocycles. The molecular weight excluding hydrogens is 186 g/mol. The van der Waals surface area contributed by atoms with Crippen molar-refractivity contribution in [2.45, 2.75) is 13.8 Å². The van der Waals surface area contributed by atoms with E-state index in [-0.39, 0.29) is 0 Å². The van der Waals surface area contributed by atoms with E-state index in [0.29, 0.717) is 5.56 Å². The van der Waals surface area contributed by atoms with Gasteiger partial charge in [-0.05, 0) is 26.0 Å². The molecule has 1 aromatic heterocycles. The van der Waals surface area contributed by atoms with Gasteiger partial charge >= 0.3 is 0 Å². The van der Waals surface area contributed by atoms with Crippen LogP contribution in [0.4, 0.5) is 5.82 Å². The Morgan fingerprint density at radius 2 is 2.40 bits per heavy atom. The van der Waals surface area contributed by atoms with Gasteiger partial charge in [-0.3, -0.25) is 0 Å². The highest BCUT2D eigenvalue weighted by Gasteiger charge is 2.10. The van der Waals surface area contributed by atoms with Gasteiger partial charge in [0.1, 0.15) is 11.9 Å². The van der Waals surface area contributed by atoms with Crippen LogP contribution in [0, 0.1) is 11.3 Å². The molecule has 0 aliphatic rings. The zero-order valence-corrected chi connectivity index (χ0v) is 9.20. The lowest BCUT2D eigenvalue weighted by atomic mass is 10.2. The lowest BCUT2D eigenvalue weighted by Crippen LogP contribution is -2.26. The highest BCUT2D eigenvalue weighted by atomic mass is 15.2. The topological polar surface area (TPSA) is 39.9 Å². The van der Waals surface area contributed by atoms with Crippen molar-refractivity contribution in [3.05, 3.63) is 36.0 Å². The molecule has 1 aromatic rings. The van der Waals surface area contributed by atoms with Gasteiger partial charge in [0.05, 0.1) is 5.56 Å². The summed E-state index contributed by atoms with van der Waals surface area (Å²) in [6, 6.07) is 5.71. The Morgan fingerprint density at radius 1 is 1.67 bits per heavy atom. The second-order valence-corrected chi connectivity index (χ2v) is 3.46. The average Bonchev–Trinajstić information content (AvgIpc) is 2.25. The third kappa shape index (κ3) is 2.81. The van der Waals surface area contributed by atoms with E-state index in [0.717, 1.165) is 24.5 Å². The minimum absolute atomic E-state index is 0.612. The molecule has 3 heteroatoms. The first kappa shape index (κ1) is 11.3. The van der Waals surface area contributed by atoms with E-state index >= 15 is 0 Å². The summed E-state index contributed by atoms with van der Waals surface area (Å²) in [4.78, 5) is 6.28. The summed E-state index contributed by atoms with van der Waals surface area (Å²) in [5, 5.41) is 8.96. The lowest BCUT2D eigenvalue weighted by Gasteiger charge is -2.22. The predicted molar refractivity (Wildman–Crippen MR) is 61.7 cm³/mol. The Morgan fingerprint density at radius 3 is 2.93 bits per heavy atom. The molecule has 1 heterocycles. The zero-order chi connectivity index (χ0) is 11.3. The van der Waals surface area contributed by atoms with Crippen LogP contribution in [-0.4, -0.2) is 18.1 Å². The molecule has 0 amide bonds. The summed E-state index contributed by atoms with van der Waals surface area (Å²) in [5.74, 6) is 0.741. The zero-order valence-electron chi connectivity index (χ0n) is 9.20. The van der Waals surface area contributed by atoms with Crippen molar-refractivity contribution in [1.82, 2.24) is 4.98 Å². The normalized spacial score (nSPS) is 9.40. The molecule has 0 saturated carbocycles. The first-order valence-electron chi connectivity index (χ1n) is 4.93. The number of nitrogens with zero attached hydrogens (tertiary/aromatic N) is 3. The molecule has 0 unspecified atom stereocenters. The molecule has 0 spiro atoms. The highest BCUT2D eigenvalue weighted by molar-refractivity contribution is 5.53. The maximum Gasteiger partial charge on any atom is 0.146 e. The van der Waals surface area contributed by atoms with E-state index in [2.05, 4.69) is 17.6 Å². The summed E-state index contributed by atoms with van der Waals surface area (Å²) in [6.45, 7) is 9.44. The Hall–Kier alpha value is -1.82. The number of hydrogen-bond donors (Lipinski definition) is 0. The predicted octanol–water partition coefficient (Wildman–Crippen LogP) is 2.36. The standard InChI is InChI=1S/C12H15N3/c1-4-15(9-10(2)3)12-11(8-13)6-5-7-14-12/h5-7H,2,4,9H2,1,3H3. The van der Waals surface area contributed by atoms with Gasteiger partial charge in [-0.25, -0.2) is 4.98 Å². The van der Waals surface area contributed by atoms with Crippen LogP contribution in [0.3, 0.4) is 0 Å². The van der Waals surface area contributed by atoms with Gasteiger partial charge in [0.2, 0.25) is 0 Å². The summed E-state index contributed by atoms with van der Waals surface area (Å²) < 4.78 is 0. The average molecular weight is 201 g/mol. The maximum atomic E-state index is 8.96. The fourth-order valence-corrected chi connectivity index (χ4v) is 1.40. The third-order valence-corrected chi connectivity index (χ3v) is 2.05. The van der Waals surface area contributed by atoms with Crippen molar-refractivity contribution < 1.29 is 0 Å². The first-order valence-corrected chi connectivity index (χ1v) is 4.93. The first-order chi connectivity index (χ1) is 7.19. The Labute approximate surface area is 90.7 Å². The van der Waals surface area contributed by atoms with E-state index in [1.165, 1.54) is 0 Å².